The van der Waals surface area contributed by atoms with Gasteiger partial charge in [0.15, 0.2) is 0 Å². The number of hydrogen-bond acceptors (Lipinski definition) is 6. The predicted molar refractivity (Wildman–Crippen MR) is 141 cm³/mol. The van der Waals surface area contributed by atoms with Crippen molar-refractivity contribution < 1.29 is 18.3 Å². The summed E-state index contributed by atoms with van der Waals surface area (Å²) >= 11 is 7.19. The lowest BCUT2D eigenvalue weighted by molar-refractivity contribution is -0.140. The van der Waals surface area contributed by atoms with Crippen molar-refractivity contribution >= 4 is 49.9 Å². The van der Waals surface area contributed by atoms with Gasteiger partial charge in [0, 0.05) is 47.7 Å². The summed E-state index contributed by atoms with van der Waals surface area (Å²) < 4.78 is 28.3. The number of thioether (sulfide) groups is 1. The maximum absolute atomic E-state index is 13.2. The van der Waals surface area contributed by atoms with Gasteiger partial charge in [-0.1, -0.05) is 41.9 Å². The third kappa shape index (κ3) is 4.97. The van der Waals surface area contributed by atoms with Crippen molar-refractivity contribution in [3.8, 4) is 0 Å². The standard InChI is InChI=1S/C25H28ClN3O4S2/c1-28-12-14-29(15-13-28)20-8-4-17(5-9-20)21-16-25(21,24(30)31)27-35(32,33)23-11-10-22(34-23)18-2-6-19(26)7-3-18/h2-10,21,23,27H,11-16H2,1H3,(H,30,31). The molecule has 3 unspecified atom stereocenters. The van der Waals surface area contributed by atoms with E-state index in [-0.39, 0.29) is 6.42 Å². The number of rotatable bonds is 7. The zero-order chi connectivity index (χ0) is 24.8. The molecule has 0 bridgehead atoms. The summed E-state index contributed by atoms with van der Waals surface area (Å²) in [4.78, 5) is 17.7. The fourth-order valence-electron chi connectivity index (χ4n) is 4.79. The van der Waals surface area contributed by atoms with E-state index in [1.165, 1.54) is 11.8 Å². The lowest BCUT2D eigenvalue weighted by atomic mass is 10.1. The molecule has 1 aliphatic carbocycles. The van der Waals surface area contributed by atoms with Crippen molar-refractivity contribution in [3.63, 3.8) is 0 Å². The Kier molecular flexibility index (Phi) is 6.65. The quantitative estimate of drug-likeness (QED) is 0.559. The first-order chi connectivity index (χ1) is 16.7. The number of nitrogens with one attached hydrogen (secondary N) is 1. The molecule has 0 aromatic heterocycles. The highest BCUT2D eigenvalue weighted by Gasteiger charge is 2.63. The summed E-state index contributed by atoms with van der Waals surface area (Å²) in [6.45, 7) is 3.90. The number of sulfonamides is 1. The Hall–Kier alpha value is -2.04. The fraction of sp³-hybridized carbons (Fsp3) is 0.400. The van der Waals surface area contributed by atoms with Crippen LogP contribution in [0.4, 0.5) is 5.69 Å². The van der Waals surface area contributed by atoms with Gasteiger partial charge in [0.05, 0.1) is 0 Å². The van der Waals surface area contributed by atoms with Crippen LogP contribution in [-0.2, 0) is 14.8 Å². The van der Waals surface area contributed by atoms with Gasteiger partial charge >= 0.3 is 5.97 Å². The molecule has 5 rings (SSSR count). The molecular formula is C25H28ClN3O4S2. The maximum Gasteiger partial charge on any atom is 0.325 e. The highest BCUT2D eigenvalue weighted by atomic mass is 35.5. The number of hydrogen-bond donors (Lipinski definition) is 2. The summed E-state index contributed by atoms with van der Waals surface area (Å²) in [7, 11) is -1.77. The second-order valence-electron chi connectivity index (χ2n) is 9.42. The Labute approximate surface area is 215 Å². The molecule has 3 atom stereocenters. The minimum atomic E-state index is -3.88. The molecule has 0 radical (unpaired) electrons. The number of nitrogens with zero attached hydrogens (tertiary/aromatic N) is 2. The molecule has 2 aromatic rings. The lowest BCUT2D eigenvalue weighted by Crippen LogP contribution is -2.47. The van der Waals surface area contributed by atoms with Crippen molar-refractivity contribution in [2.45, 2.75) is 28.9 Å². The van der Waals surface area contributed by atoms with E-state index in [1.54, 1.807) is 12.1 Å². The number of halogens is 1. The highest BCUT2D eigenvalue weighted by Crippen LogP contribution is 2.53. The fourth-order valence-corrected chi connectivity index (χ4v) is 8.12. The molecule has 35 heavy (non-hydrogen) atoms. The van der Waals surface area contributed by atoms with Crippen LogP contribution in [0.2, 0.25) is 5.02 Å². The molecule has 1 saturated carbocycles. The van der Waals surface area contributed by atoms with Crippen molar-refractivity contribution in [3.05, 3.63) is 70.8 Å². The Morgan fingerprint density at radius 1 is 1.09 bits per heavy atom. The molecule has 2 N–H and O–H groups in total. The summed E-state index contributed by atoms with van der Waals surface area (Å²) in [5.41, 5.74) is 1.34. The monoisotopic (exact) mass is 533 g/mol. The normalized spacial score (nSPS) is 27.0. The number of aliphatic carboxylic acids is 1. The molecule has 2 aromatic carbocycles. The predicted octanol–water partition coefficient (Wildman–Crippen LogP) is 3.83. The van der Waals surface area contributed by atoms with Crippen LogP contribution in [0.3, 0.4) is 0 Å². The van der Waals surface area contributed by atoms with E-state index in [9.17, 15) is 18.3 Å². The minimum absolute atomic E-state index is 0.240. The Balaban J connectivity index is 1.26. The van der Waals surface area contributed by atoms with Crippen molar-refractivity contribution in [1.82, 2.24) is 9.62 Å². The van der Waals surface area contributed by atoms with E-state index in [0.717, 1.165) is 47.9 Å². The van der Waals surface area contributed by atoms with Crippen LogP contribution in [0.5, 0.6) is 0 Å². The molecule has 2 heterocycles. The van der Waals surface area contributed by atoms with Crippen molar-refractivity contribution in [1.29, 1.82) is 0 Å². The molecule has 7 nitrogen and oxygen atoms in total. The zero-order valence-electron chi connectivity index (χ0n) is 19.4. The van der Waals surface area contributed by atoms with E-state index in [2.05, 4.69) is 21.6 Å². The Morgan fingerprint density at radius 3 is 2.37 bits per heavy atom. The first-order valence-electron chi connectivity index (χ1n) is 11.6. The van der Waals surface area contributed by atoms with E-state index in [4.69, 9.17) is 11.6 Å². The number of carboxylic acids is 1. The van der Waals surface area contributed by atoms with E-state index in [1.807, 2.05) is 42.5 Å². The van der Waals surface area contributed by atoms with Gasteiger partial charge in [0.2, 0.25) is 10.0 Å². The average molecular weight is 534 g/mol. The molecule has 2 fully saturated rings. The van der Waals surface area contributed by atoms with Crippen molar-refractivity contribution in [2.24, 2.45) is 0 Å². The number of likely N-dealkylation sites (N-methyl/N-ethyl adjacent to an activating group) is 1. The number of piperazine rings is 1. The Morgan fingerprint density at radius 2 is 1.74 bits per heavy atom. The van der Waals surface area contributed by atoms with Gasteiger partial charge in [-0.2, -0.15) is 4.72 Å². The lowest BCUT2D eigenvalue weighted by Gasteiger charge is -2.34. The van der Waals surface area contributed by atoms with Crippen LogP contribution in [0.25, 0.3) is 4.91 Å². The first kappa shape index (κ1) is 24.6. The van der Waals surface area contributed by atoms with Gasteiger partial charge in [-0.15, -0.1) is 11.8 Å². The molecule has 3 aliphatic rings. The smallest absolute Gasteiger partial charge is 0.325 e. The molecule has 2 aliphatic heterocycles. The van der Waals surface area contributed by atoms with Crippen LogP contribution in [0.15, 0.2) is 54.6 Å². The summed E-state index contributed by atoms with van der Waals surface area (Å²) in [6.07, 6.45) is 2.44. The van der Waals surface area contributed by atoms with Crippen molar-refractivity contribution in [2.75, 3.05) is 38.1 Å². The van der Waals surface area contributed by atoms with Crippen LogP contribution < -0.4 is 9.62 Å². The van der Waals surface area contributed by atoms with E-state index in [0.29, 0.717) is 11.4 Å². The number of carbonyl (C=O) groups is 1. The van der Waals surface area contributed by atoms with Gasteiger partial charge in [0.1, 0.15) is 10.1 Å². The molecule has 0 spiro atoms. The number of allylic oxidation sites excluding steroid dienone is 1. The number of carboxylic acid groups (broad SMARTS) is 1. The summed E-state index contributed by atoms with van der Waals surface area (Å²) in [6, 6.07) is 15.1. The van der Waals surface area contributed by atoms with Gasteiger partial charge in [-0.05, 0) is 55.3 Å². The third-order valence-electron chi connectivity index (χ3n) is 7.06. The first-order valence-corrected chi connectivity index (χ1v) is 14.4. The van der Waals surface area contributed by atoms with E-state index < -0.39 is 32.0 Å². The van der Waals surface area contributed by atoms with Crippen LogP contribution >= 0.6 is 23.4 Å². The highest BCUT2D eigenvalue weighted by molar-refractivity contribution is 8.18. The summed E-state index contributed by atoms with van der Waals surface area (Å²) in [5, 5.41) is 10.6. The van der Waals surface area contributed by atoms with E-state index >= 15 is 0 Å². The third-order valence-corrected chi connectivity index (χ3v) is 11.0. The SMILES string of the molecule is CN1CCN(c2ccc(C3CC3(NS(=O)(=O)C3CC=C(c4ccc(Cl)cc4)S3)C(=O)O)cc2)CC1. The zero-order valence-corrected chi connectivity index (χ0v) is 21.7. The Bertz CT molecular complexity index is 1240. The molecule has 186 valence electrons. The van der Waals surface area contributed by atoms with Gasteiger partial charge in [-0.25, -0.2) is 8.42 Å². The summed E-state index contributed by atoms with van der Waals surface area (Å²) in [5.74, 6) is -1.53. The van der Waals surface area contributed by atoms with Gasteiger partial charge in [-0.3, -0.25) is 4.79 Å². The minimum Gasteiger partial charge on any atom is -0.480 e. The van der Waals surface area contributed by atoms with Crippen LogP contribution in [0.1, 0.15) is 29.9 Å². The molecule has 0 amide bonds. The molecule has 10 heteroatoms. The second kappa shape index (κ2) is 9.44. The second-order valence-corrected chi connectivity index (χ2v) is 13.3. The largest absolute Gasteiger partial charge is 0.480 e. The maximum atomic E-state index is 13.2. The molecular weight excluding hydrogens is 506 g/mol. The number of benzene rings is 2. The number of anilines is 1. The average Bonchev–Trinajstić information content (AvgIpc) is 3.33. The molecule has 1 saturated heterocycles. The topological polar surface area (TPSA) is 90.0 Å². The van der Waals surface area contributed by atoms with Gasteiger partial charge in [0.25, 0.3) is 0 Å². The van der Waals surface area contributed by atoms with Crippen LogP contribution in [-0.4, -0.2) is 67.7 Å². The van der Waals surface area contributed by atoms with Crippen LogP contribution in [0, 0.1) is 0 Å². The van der Waals surface area contributed by atoms with Gasteiger partial charge < -0.3 is 14.9 Å².